The number of amides is 1. The van der Waals surface area contributed by atoms with Gasteiger partial charge in [0.05, 0.1) is 5.56 Å². The molecule has 0 aromatic heterocycles. The number of nitrogens with one attached hydrogen (secondary N) is 1. The quantitative estimate of drug-likeness (QED) is 0.651. The molecule has 2 rings (SSSR count). The van der Waals surface area contributed by atoms with Crippen molar-refractivity contribution in [2.24, 2.45) is 5.92 Å². The van der Waals surface area contributed by atoms with E-state index < -0.39 is 17.4 Å². The fourth-order valence-corrected chi connectivity index (χ4v) is 2.01. The second kappa shape index (κ2) is 4.46. The van der Waals surface area contributed by atoms with E-state index >= 15 is 0 Å². The molecule has 0 heterocycles. The highest BCUT2D eigenvalue weighted by molar-refractivity contribution is 6.00. The van der Waals surface area contributed by atoms with Gasteiger partial charge in [0.2, 0.25) is 0 Å². The van der Waals surface area contributed by atoms with Crippen LogP contribution in [0.15, 0.2) is 18.2 Å². The number of carboxylic acid groups (broad SMARTS) is 1. The molecule has 1 aliphatic carbocycles. The SMILES string of the molecule is CC(NC(=O)c1ccc(O)cc1O)(C(=O)O)C1CC1. The molecule has 0 saturated heterocycles. The Balaban J connectivity index is 2.22. The van der Waals surface area contributed by atoms with E-state index in [2.05, 4.69) is 5.32 Å². The highest BCUT2D eigenvalue weighted by atomic mass is 16.4. The molecule has 0 radical (unpaired) electrons. The van der Waals surface area contributed by atoms with Crippen LogP contribution < -0.4 is 5.32 Å². The number of carbonyl (C=O) groups is 2. The van der Waals surface area contributed by atoms with Crippen molar-refractivity contribution in [1.29, 1.82) is 0 Å². The van der Waals surface area contributed by atoms with Crippen LogP contribution >= 0.6 is 0 Å². The number of aromatic hydroxyl groups is 2. The molecule has 1 fully saturated rings. The normalized spacial score (nSPS) is 17.5. The number of rotatable bonds is 4. The minimum atomic E-state index is -1.33. The van der Waals surface area contributed by atoms with Crippen LogP contribution in [0.2, 0.25) is 0 Å². The largest absolute Gasteiger partial charge is 0.508 e. The number of benzene rings is 1. The van der Waals surface area contributed by atoms with Gasteiger partial charge in [-0.25, -0.2) is 4.79 Å². The summed E-state index contributed by atoms with van der Waals surface area (Å²) in [6.07, 6.45) is 1.51. The second-order valence-electron chi connectivity index (χ2n) is 4.94. The maximum Gasteiger partial charge on any atom is 0.329 e. The van der Waals surface area contributed by atoms with Gasteiger partial charge >= 0.3 is 5.97 Å². The fraction of sp³-hybridized carbons (Fsp3) is 0.385. The van der Waals surface area contributed by atoms with Crippen molar-refractivity contribution < 1.29 is 24.9 Å². The number of phenolic OH excluding ortho intramolecular Hbond substituents is 2. The molecule has 1 aromatic carbocycles. The smallest absolute Gasteiger partial charge is 0.329 e. The van der Waals surface area contributed by atoms with Crippen LogP contribution in [0.3, 0.4) is 0 Å². The second-order valence-corrected chi connectivity index (χ2v) is 4.94. The maximum atomic E-state index is 12.0. The number of aliphatic carboxylic acids is 1. The van der Waals surface area contributed by atoms with Gasteiger partial charge in [-0.2, -0.15) is 0 Å². The van der Waals surface area contributed by atoms with Crippen LogP contribution in [0.1, 0.15) is 30.1 Å². The zero-order valence-corrected chi connectivity index (χ0v) is 10.4. The number of phenols is 2. The highest BCUT2D eigenvalue weighted by Gasteiger charge is 2.48. The minimum absolute atomic E-state index is 0.0640. The van der Waals surface area contributed by atoms with Crippen molar-refractivity contribution in [1.82, 2.24) is 5.32 Å². The Hall–Kier alpha value is -2.24. The van der Waals surface area contributed by atoms with Crippen LogP contribution in [0.25, 0.3) is 0 Å². The molecule has 0 aliphatic heterocycles. The van der Waals surface area contributed by atoms with Gasteiger partial charge in [-0.05, 0) is 37.8 Å². The average Bonchev–Trinajstić information content (AvgIpc) is 3.11. The highest BCUT2D eigenvalue weighted by Crippen LogP contribution is 2.40. The van der Waals surface area contributed by atoms with Crippen LogP contribution in [-0.2, 0) is 4.79 Å². The molecule has 4 N–H and O–H groups in total. The number of hydrogen-bond acceptors (Lipinski definition) is 4. The molecule has 1 aliphatic rings. The van der Waals surface area contributed by atoms with Gasteiger partial charge in [-0.3, -0.25) is 4.79 Å². The van der Waals surface area contributed by atoms with Gasteiger partial charge in [0.25, 0.3) is 5.91 Å². The topological polar surface area (TPSA) is 107 Å². The Morgan fingerprint density at radius 3 is 2.42 bits per heavy atom. The van der Waals surface area contributed by atoms with Gasteiger partial charge in [-0.15, -0.1) is 0 Å². The van der Waals surface area contributed by atoms with Crippen molar-refractivity contribution in [3.8, 4) is 11.5 Å². The summed E-state index contributed by atoms with van der Waals surface area (Å²) in [7, 11) is 0. The van der Waals surface area contributed by atoms with Crippen LogP contribution in [-0.4, -0.2) is 32.7 Å². The Labute approximate surface area is 109 Å². The average molecular weight is 265 g/mol. The predicted octanol–water partition coefficient (Wildman–Crippen LogP) is 1.08. The summed E-state index contributed by atoms with van der Waals surface area (Å²) in [5.74, 6) is -2.41. The lowest BCUT2D eigenvalue weighted by molar-refractivity contribution is -0.144. The minimum Gasteiger partial charge on any atom is -0.508 e. The van der Waals surface area contributed by atoms with E-state index in [1.807, 2.05) is 0 Å². The van der Waals surface area contributed by atoms with Crippen molar-refractivity contribution >= 4 is 11.9 Å². The first-order chi connectivity index (χ1) is 8.84. The zero-order valence-electron chi connectivity index (χ0n) is 10.4. The van der Waals surface area contributed by atoms with Crippen molar-refractivity contribution in [2.75, 3.05) is 0 Å². The van der Waals surface area contributed by atoms with E-state index in [1.54, 1.807) is 0 Å². The summed E-state index contributed by atoms with van der Waals surface area (Å²) in [6, 6.07) is 3.53. The van der Waals surface area contributed by atoms with Crippen LogP contribution in [0.5, 0.6) is 11.5 Å². The third-order valence-corrected chi connectivity index (χ3v) is 3.44. The Kier molecular flexibility index (Phi) is 3.09. The summed E-state index contributed by atoms with van der Waals surface area (Å²) in [4.78, 5) is 23.3. The lowest BCUT2D eigenvalue weighted by Crippen LogP contribution is -2.54. The summed E-state index contributed by atoms with van der Waals surface area (Å²) in [5.41, 5.74) is -1.40. The standard InChI is InChI=1S/C13H15NO5/c1-13(12(18)19,7-2-3-7)14-11(17)9-5-4-8(15)6-10(9)16/h4-7,15-16H,2-3H2,1H3,(H,14,17)(H,18,19). The molecule has 19 heavy (non-hydrogen) atoms. The van der Waals surface area contributed by atoms with Gasteiger partial charge in [0.1, 0.15) is 17.0 Å². The van der Waals surface area contributed by atoms with E-state index in [4.69, 9.17) is 5.11 Å². The van der Waals surface area contributed by atoms with Crippen molar-refractivity contribution in [3.05, 3.63) is 23.8 Å². The van der Waals surface area contributed by atoms with E-state index in [0.29, 0.717) is 0 Å². The molecular formula is C13H15NO5. The monoisotopic (exact) mass is 265 g/mol. The molecule has 1 saturated carbocycles. The summed E-state index contributed by atoms with van der Waals surface area (Å²) in [6.45, 7) is 1.46. The van der Waals surface area contributed by atoms with E-state index in [0.717, 1.165) is 18.9 Å². The molecule has 6 nitrogen and oxygen atoms in total. The third kappa shape index (κ3) is 2.47. The maximum absolute atomic E-state index is 12.0. The van der Waals surface area contributed by atoms with E-state index in [-0.39, 0.29) is 23.0 Å². The summed E-state index contributed by atoms with van der Waals surface area (Å²) in [5, 5.41) is 30.4. The first-order valence-electron chi connectivity index (χ1n) is 5.92. The first-order valence-corrected chi connectivity index (χ1v) is 5.92. The van der Waals surface area contributed by atoms with E-state index in [1.165, 1.54) is 19.1 Å². The molecule has 6 heteroatoms. The Bertz CT molecular complexity index is 538. The van der Waals surface area contributed by atoms with Crippen LogP contribution in [0.4, 0.5) is 0 Å². The molecule has 1 unspecified atom stereocenters. The molecule has 102 valence electrons. The first kappa shape index (κ1) is 13.2. The number of carbonyl (C=O) groups excluding carboxylic acids is 1. The summed E-state index contributed by atoms with van der Waals surface area (Å²) >= 11 is 0. The summed E-state index contributed by atoms with van der Waals surface area (Å²) < 4.78 is 0. The Morgan fingerprint density at radius 1 is 1.32 bits per heavy atom. The van der Waals surface area contributed by atoms with Crippen molar-refractivity contribution in [2.45, 2.75) is 25.3 Å². The lowest BCUT2D eigenvalue weighted by atomic mass is 9.95. The predicted molar refractivity (Wildman–Crippen MR) is 66.0 cm³/mol. The number of carboxylic acids is 1. The molecule has 1 amide bonds. The third-order valence-electron chi connectivity index (χ3n) is 3.44. The lowest BCUT2D eigenvalue weighted by Gasteiger charge is -2.26. The van der Waals surface area contributed by atoms with Crippen molar-refractivity contribution in [3.63, 3.8) is 0 Å². The van der Waals surface area contributed by atoms with Gasteiger partial charge < -0.3 is 20.6 Å². The molecular weight excluding hydrogens is 250 g/mol. The zero-order chi connectivity index (χ0) is 14.2. The van der Waals surface area contributed by atoms with Gasteiger partial charge in [0.15, 0.2) is 0 Å². The Morgan fingerprint density at radius 2 is 1.95 bits per heavy atom. The fourth-order valence-electron chi connectivity index (χ4n) is 2.01. The molecule has 0 bridgehead atoms. The van der Waals surface area contributed by atoms with Gasteiger partial charge in [-0.1, -0.05) is 0 Å². The van der Waals surface area contributed by atoms with Crippen LogP contribution in [0, 0.1) is 5.92 Å². The molecule has 1 atom stereocenters. The molecule has 1 aromatic rings. The van der Waals surface area contributed by atoms with Gasteiger partial charge in [0, 0.05) is 6.07 Å². The molecule has 0 spiro atoms. The number of hydrogen-bond donors (Lipinski definition) is 4. The van der Waals surface area contributed by atoms with E-state index in [9.17, 15) is 19.8 Å².